The summed E-state index contributed by atoms with van der Waals surface area (Å²) in [5, 5.41) is 13.8. The van der Waals surface area contributed by atoms with Crippen molar-refractivity contribution in [3.63, 3.8) is 0 Å². The van der Waals surface area contributed by atoms with E-state index in [2.05, 4.69) is 5.10 Å². The average Bonchev–Trinajstić information content (AvgIpc) is 2.47. The lowest BCUT2D eigenvalue weighted by Crippen LogP contribution is -2.33. The van der Waals surface area contributed by atoms with Gasteiger partial charge in [-0.15, -0.1) is 0 Å². The van der Waals surface area contributed by atoms with Crippen LogP contribution in [-0.2, 0) is 10.3 Å². The monoisotopic (exact) mass is 231 g/mol. The fourth-order valence-electron chi connectivity index (χ4n) is 1.01. The molecule has 0 amide bonds. The van der Waals surface area contributed by atoms with E-state index in [1.54, 1.807) is 13.8 Å². The van der Waals surface area contributed by atoms with Crippen LogP contribution in [0.3, 0.4) is 0 Å². The molecule has 82 valence electrons. The van der Waals surface area contributed by atoms with E-state index in [0.717, 1.165) is 0 Å². The standard InChI is InChI=1S/C8H10ClN3O3/c1-5-6(12(14)15)4-11(10-5)8(2,3)7(9)13/h4H,1-3H3. The van der Waals surface area contributed by atoms with E-state index in [1.165, 1.54) is 17.8 Å². The number of rotatable bonds is 3. The molecule has 0 spiro atoms. The highest BCUT2D eigenvalue weighted by atomic mass is 35.5. The van der Waals surface area contributed by atoms with Crippen molar-refractivity contribution in [2.24, 2.45) is 0 Å². The first-order valence-electron chi connectivity index (χ1n) is 4.18. The molecule has 1 rings (SSSR count). The van der Waals surface area contributed by atoms with Gasteiger partial charge in [0.2, 0.25) is 5.24 Å². The number of aromatic nitrogens is 2. The normalized spacial score (nSPS) is 11.5. The van der Waals surface area contributed by atoms with Gasteiger partial charge in [0.15, 0.2) is 0 Å². The number of carbonyl (C=O) groups excluding carboxylic acids is 1. The van der Waals surface area contributed by atoms with Crippen LogP contribution >= 0.6 is 11.6 Å². The fraction of sp³-hybridized carbons (Fsp3) is 0.500. The van der Waals surface area contributed by atoms with E-state index in [1.807, 2.05) is 0 Å². The third kappa shape index (κ3) is 1.99. The van der Waals surface area contributed by atoms with Crippen molar-refractivity contribution in [1.82, 2.24) is 9.78 Å². The Morgan fingerprint density at radius 1 is 1.67 bits per heavy atom. The molecule has 0 aliphatic heterocycles. The van der Waals surface area contributed by atoms with Gasteiger partial charge >= 0.3 is 5.69 Å². The molecule has 7 heteroatoms. The molecule has 0 N–H and O–H groups in total. The number of hydrogen-bond donors (Lipinski definition) is 0. The van der Waals surface area contributed by atoms with E-state index in [9.17, 15) is 14.9 Å². The zero-order valence-electron chi connectivity index (χ0n) is 8.52. The number of aryl methyl sites for hydroxylation is 1. The Labute approximate surface area is 91.0 Å². The second-order valence-corrected chi connectivity index (χ2v) is 3.98. The molecule has 0 aromatic carbocycles. The zero-order chi connectivity index (χ0) is 11.8. The van der Waals surface area contributed by atoms with Gasteiger partial charge in [0.25, 0.3) is 0 Å². The minimum absolute atomic E-state index is 0.124. The second kappa shape index (κ2) is 3.62. The molecule has 1 aromatic rings. The molecular formula is C8H10ClN3O3. The molecule has 0 saturated carbocycles. The molecule has 0 saturated heterocycles. The predicted molar refractivity (Wildman–Crippen MR) is 53.8 cm³/mol. The van der Waals surface area contributed by atoms with Crippen molar-refractivity contribution >= 4 is 22.5 Å². The lowest BCUT2D eigenvalue weighted by atomic mass is 10.1. The highest BCUT2D eigenvalue weighted by Gasteiger charge is 2.31. The third-order valence-corrected chi connectivity index (χ3v) is 2.59. The quantitative estimate of drug-likeness (QED) is 0.450. The van der Waals surface area contributed by atoms with Gasteiger partial charge in [0, 0.05) is 0 Å². The van der Waals surface area contributed by atoms with Crippen molar-refractivity contribution in [3.8, 4) is 0 Å². The molecular weight excluding hydrogens is 222 g/mol. The second-order valence-electron chi connectivity index (χ2n) is 3.63. The van der Waals surface area contributed by atoms with Crippen LogP contribution in [0.1, 0.15) is 19.5 Å². The van der Waals surface area contributed by atoms with Crippen molar-refractivity contribution < 1.29 is 9.72 Å². The molecule has 0 atom stereocenters. The Bertz CT molecular complexity index is 425. The Balaban J connectivity index is 3.24. The van der Waals surface area contributed by atoms with Crippen LogP contribution < -0.4 is 0 Å². The van der Waals surface area contributed by atoms with Gasteiger partial charge in [0.05, 0.1) is 4.92 Å². The van der Waals surface area contributed by atoms with Crippen LogP contribution in [0, 0.1) is 17.0 Å². The summed E-state index contributed by atoms with van der Waals surface area (Å²) in [5.74, 6) is 0. The van der Waals surface area contributed by atoms with Crippen LogP contribution in [0.2, 0.25) is 0 Å². The Morgan fingerprint density at radius 3 is 2.53 bits per heavy atom. The largest absolute Gasteiger partial charge is 0.309 e. The molecule has 0 bridgehead atoms. The molecule has 15 heavy (non-hydrogen) atoms. The van der Waals surface area contributed by atoms with Gasteiger partial charge in [-0.3, -0.25) is 19.6 Å². The molecule has 0 aliphatic rings. The molecule has 1 aromatic heterocycles. The topological polar surface area (TPSA) is 78.0 Å². The first-order valence-corrected chi connectivity index (χ1v) is 4.55. The van der Waals surface area contributed by atoms with Gasteiger partial charge < -0.3 is 0 Å². The summed E-state index contributed by atoms with van der Waals surface area (Å²) in [6, 6.07) is 0. The molecule has 0 radical (unpaired) electrons. The summed E-state index contributed by atoms with van der Waals surface area (Å²) in [7, 11) is 0. The van der Waals surface area contributed by atoms with Crippen LogP contribution in [0.15, 0.2) is 6.20 Å². The summed E-state index contributed by atoms with van der Waals surface area (Å²) >= 11 is 5.38. The van der Waals surface area contributed by atoms with Gasteiger partial charge in [-0.05, 0) is 32.4 Å². The van der Waals surface area contributed by atoms with Crippen molar-refractivity contribution in [2.45, 2.75) is 26.3 Å². The van der Waals surface area contributed by atoms with Gasteiger partial charge in [-0.2, -0.15) is 5.10 Å². The van der Waals surface area contributed by atoms with Gasteiger partial charge in [0.1, 0.15) is 17.4 Å². The minimum atomic E-state index is -1.08. The molecule has 6 nitrogen and oxygen atoms in total. The maximum Gasteiger partial charge on any atom is 0.309 e. The van der Waals surface area contributed by atoms with Gasteiger partial charge in [-0.1, -0.05) is 0 Å². The highest BCUT2D eigenvalue weighted by Crippen LogP contribution is 2.23. The molecule has 0 aliphatic carbocycles. The average molecular weight is 232 g/mol. The van der Waals surface area contributed by atoms with Crippen LogP contribution in [-0.4, -0.2) is 19.9 Å². The highest BCUT2D eigenvalue weighted by molar-refractivity contribution is 6.65. The minimum Gasteiger partial charge on any atom is -0.279 e. The fourth-order valence-corrected chi connectivity index (χ4v) is 1.09. The van der Waals surface area contributed by atoms with Crippen molar-refractivity contribution in [1.29, 1.82) is 0 Å². The molecule has 1 heterocycles. The smallest absolute Gasteiger partial charge is 0.279 e. The van der Waals surface area contributed by atoms with Crippen LogP contribution in [0.4, 0.5) is 5.69 Å². The van der Waals surface area contributed by atoms with E-state index in [4.69, 9.17) is 11.6 Å². The Hall–Kier alpha value is -1.43. The number of halogens is 1. The summed E-state index contributed by atoms with van der Waals surface area (Å²) in [6.45, 7) is 4.58. The number of hydrogen-bond acceptors (Lipinski definition) is 4. The third-order valence-electron chi connectivity index (χ3n) is 2.12. The number of nitrogens with zero attached hydrogens (tertiary/aromatic N) is 3. The summed E-state index contributed by atoms with van der Waals surface area (Å²) in [4.78, 5) is 21.1. The first kappa shape index (κ1) is 11.6. The van der Waals surface area contributed by atoms with E-state index >= 15 is 0 Å². The maximum absolute atomic E-state index is 11.1. The van der Waals surface area contributed by atoms with E-state index < -0.39 is 15.7 Å². The maximum atomic E-state index is 11.1. The van der Waals surface area contributed by atoms with Crippen molar-refractivity contribution in [2.75, 3.05) is 0 Å². The molecule has 0 unspecified atom stereocenters. The number of carbonyl (C=O) groups is 1. The van der Waals surface area contributed by atoms with Crippen LogP contribution in [0.25, 0.3) is 0 Å². The zero-order valence-corrected chi connectivity index (χ0v) is 9.28. The Kier molecular flexibility index (Phi) is 2.81. The summed E-state index contributed by atoms with van der Waals surface area (Å²) in [5.41, 5.74) is -0.951. The number of nitro groups is 1. The van der Waals surface area contributed by atoms with E-state index in [0.29, 0.717) is 0 Å². The summed E-state index contributed by atoms with van der Waals surface area (Å²) in [6.07, 6.45) is 1.20. The van der Waals surface area contributed by atoms with Crippen molar-refractivity contribution in [3.05, 3.63) is 22.0 Å². The lowest BCUT2D eigenvalue weighted by Gasteiger charge is -2.19. The SMILES string of the molecule is Cc1nn(C(C)(C)C(=O)Cl)cc1[N+](=O)[O-]. The van der Waals surface area contributed by atoms with Crippen LogP contribution in [0.5, 0.6) is 0 Å². The Morgan fingerprint density at radius 2 is 2.20 bits per heavy atom. The first-order chi connectivity index (χ1) is 6.76. The summed E-state index contributed by atoms with van der Waals surface area (Å²) < 4.78 is 1.20. The predicted octanol–water partition coefficient (Wildman–Crippen LogP) is 1.60. The van der Waals surface area contributed by atoms with Gasteiger partial charge in [-0.25, -0.2) is 0 Å². The van der Waals surface area contributed by atoms with E-state index in [-0.39, 0.29) is 11.4 Å². The molecule has 0 fully saturated rings. The lowest BCUT2D eigenvalue weighted by molar-refractivity contribution is -0.385.